The number of urea groups is 1. The standard InChI is InChI=1S/C6H7ClN2O3/c1-4(10)8-2-3-9(5(7)11)6(8)12/h2-3H2,1H3. The Balaban J connectivity index is 2.74. The van der Waals surface area contributed by atoms with E-state index in [0.717, 1.165) is 9.80 Å². The van der Waals surface area contributed by atoms with Crippen LogP contribution in [0.15, 0.2) is 0 Å². The fourth-order valence-corrected chi connectivity index (χ4v) is 1.15. The molecular weight excluding hydrogens is 184 g/mol. The quantitative estimate of drug-likeness (QED) is 0.416. The summed E-state index contributed by atoms with van der Waals surface area (Å²) in [6, 6.07) is -0.637. The average molecular weight is 191 g/mol. The van der Waals surface area contributed by atoms with Crippen LogP contribution in [0.4, 0.5) is 9.59 Å². The molecule has 0 aromatic heterocycles. The molecule has 6 heteroatoms. The molecule has 0 radical (unpaired) electrons. The molecule has 0 unspecified atom stereocenters. The predicted octanol–water partition coefficient (Wildman–Crippen LogP) is 0.629. The molecule has 0 atom stereocenters. The Morgan fingerprint density at radius 2 is 1.83 bits per heavy atom. The van der Waals surface area contributed by atoms with E-state index >= 15 is 0 Å². The molecule has 0 aromatic rings. The molecule has 0 aliphatic carbocycles. The first-order chi connectivity index (χ1) is 5.54. The predicted molar refractivity (Wildman–Crippen MR) is 40.7 cm³/mol. The molecule has 66 valence electrons. The smallest absolute Gasteiger partial charge is 0.275 e. The highest BCUT2D eigenvalue weighted by Gasteiger charge is 2.34. The van der Waals surface area contributed by atoms with Crippen molar-refractivity contribution in [2.24, 2.45) is 0 Å². The van der Waals surface area contributed by atoms with Crippen molar-refractivity contribution < 1.29 is 14.4 Å². The molecule has 12 heavy (non-hydrogen) atoms. The third-order valence-electron chi connectivity index (χ3n) is 1.60. The average Bonchev–Trinajstić information content (AvgIpc) is 2.30. The van der Waals surface area contributed by atoms with Gasteiger partial charge in [0.25, 0.3) is 0 Å². The zero-order chi connectivity index (χ0) is 9.30. The number of carbonyl (C=O) groups excluding carboxylic acids is 3. The number of carbonyl (C=O) groups is 3. The van der Waals surface area contributed by atoms with Crippen molar-refractivity contribution in [2.45, 2.75) is 6.92 Å². The molecule has 0 N–H and O–H groups in total. The number of rotatable bonds is 0. The van der Waals surface area contributed by atoms with E-state index in [1.807, 2.05) is 0 Å². The Bertz CT molecular complexity index is 229. The first-order valence-corrected chi connectivity index (χ1v) is 3.71. The fourth-order valence-electron chi connectivity index (χ4n) is 0.992. The zero-order valence-electron chi connectivity index (χ0n) is 6.41. The van der Waals surface area contributed by atoms with Crippen LogP contribution < -0.4 is 0 Å². The van der Waals surface area contributed by atoms with Crippen LogP contribution in [0.25, 0.3) is 0 Å². The van der Waals surface area contributed by atoms with E-state index in [1.165, 1.54) is 6.92 Å². The van der Waals surface area contributed by atoms with Gasteiger partial charge in [-0.05, 0) is 11.6 Å². The lowest BCUT2D eigenvalue weighted by atomic mass is 10.5. The molecule has 1 fully saturated rings. The van der Waals surface area contributed by atoms with Crippen molar-refractivity contribution >= 4 is 28.9 Å². The molecule has 1 heterocycles. The third kappa shape index (κ3) is 1.40. The Morgan fingerprint density at radius 3 is 2.08 bits per heavy atom. The monoisotopic (exact) mass is 190 g/mol. The number of imide groups is 2. The van der Waals surface area contributed by atoms with Crippen LogP contribution >= 0.6 is 11.6 Å². The third-order valence-corrected chi connectivity index (χ3v) is 1.81. The SMILES string of the molecule is CC(=O)N1CCN(C(=O)Cl)C1=O. The van der Waals surface area contributed by atoms with Gasteiger partial charge >= 0.3 is 11.4 Å². The lowest BCUT2D eigenvalue weighted by Gasteiger charge is -2.11. The molecular formula is C6H7ClN2O3. The number of nitrogens with zero attached hydrogens (tertiary/aromatic N) is 2. The summed E-state index contributed by atoms with van der Waals surface area (Å²) >= 11 is 5.08. The molecule has 0 aromatic carbocycles. The van der Waals surface area contributed by atoms with Crippen LogP contribution in [0.1, 0.15) is 6.92 Å². The Hall–Kier alpha value is -1.10. The largest absolute Gasteiger partial charge is 0.334 e. The van der Waals surface area contributed by atoms with E-state index in [4.69, 9.17) is 11.6 Å². The minimum absolute atomic E-state index is 0.181. The summed E-state index contributed by atoms with van der Waals surface area (Å²) < 4.78 is 0. The number of hydrogen-bond donors (Lipinski definition) is 0. The van der Waals surface area contributed by atoms with E-state index in [2.05, 4.69) is 0 Å². The van der Waals surface area contributed by atoms with Gasteiger partial charge in [-0.1, -0.05) is 0 Å². The number of halogens is 1. The van der Waals surface area contributed by atoms with Crippen molar-refractivity contribution in [3.63, 3.8) is 0 Å². The molecule has 1 aliphatic heterocycles. The van der Waals surface area contributed by atoms with Gasteiger partial charge in [-0.3, -0.25) is 14.5 Å². The summed E-state index contributed by atoms with van der Waals surface area (Å²) in [5.41, 5.74) is 0. The molecule has 1 aliphatic rings. The topological polar surface area (TPSA) is 57.7 Å². The van der Waals surface area contributed by atoms with Crippen molar-refractivity contribution in [3.05, 3.63) is 0 Å². The summed E-state index contributed by atoms with van der Waals surface area (Å²) in [5, 5.41) is -0.844. The highest BCUT2D eigenvalue weighted by molar-refractivity contribution is 6.64. The maximum Gasteiger partial charge on any atom is 0.334 e. The minimum Gasteiger partial charge on any atom is -0.275 e. The van der Waals surface area contributed by atoms with Gasteiger partial charge in [0.05, 0.1) is 0 Å². The summed E-state index contributed by atoms with van der Waals surface area (Å²) in [6.45, 7) is 1.67. The van der Waals surface area contributed by atoms with Gasteiger partial charge in [-0.2, -0.15) is 0 Å². The second-order valence-corrected chi connectivity index (χ2v) is 2.68. The number of hydrogen-bond acceptors (Lipinski definition) is 3. The van der Waals surface area contributed by atoms with Crippen molar-refractivity contribution in [1.82, 2.24) is 9.80 Å². The van der Waals surface area contributed by atoms with Gasteiger partial charge in [0, 0.05) is 20.0 Å². The Kier molecular flexibility index (Phi) is 2.32. The van der Waals surface area contributed by atoms with Crippen molar-refractivity contribution in [3.8, 4) is 0 Å². The van der Waals surface area contributed by atoms with E-state index in [9.17, 15) is 14.4 Å². The molecule has 5 nitrogen and oxygen atoms in total. The molecule has 1 rings (SSSR count). The van der Waals surface area contributed by atoms with Gasteiger partial charge in [0.1, 0.15) is 0 Å². The van der Waals surface area contributed by atoms with E-state index in [1.54, 1.807) is 0 Å². The first-order valence-electron chi connectivity index (χ1n) is 3.33. The van der Waals surface area contributed by atoms with Crippen LogP contribution in [-0.4, -0.2) is 40.2 Å². The van der Waals surface area contributed by atoms with Gasteiger partial charge in [0.15, 0.2) is 0 Å². The summed E-state index contributed by atoms with van der Waals surface area (Å²) in [6.07, 6.45) is 0. The summed E-state index contributed by atoms with van der Waals surface area (Å²) in [5.74, 6) is -0.375. The van der Waals surface area contributed by atoms with E-state index in [0.29, 0.717) is 0 Å². The van der Waals surface area contributed by atoms with E-state index in [-0.39, 0.29) is 19.0 Å². The second kappa shape index (κ2) is 3.10. The Morgan fingerprint density at radius 1 is 1.33 bits per heavy atom. The van der Waals surface area contributed by atoms with Gasteiger partial charge in [-0.15, -0.1) is 0 Å². The van der Waals surface area contributed by atoms with Crippen LogP contribution in [0.3, 0.4) is 0 Å². The minimum atomic E-state index is -0.844. The zero-order valence-corrected chi connectivity index (χ0v) is 7.17. The maximum absolute atomic E-state index is 11.1. The normalized spacial score (nSPS) is 17.0. The molecule has 0 spiro atoms. The summed E-state index contributed by atoms with van der Waals surface area (Å²) in [4.78, 5) is 34.2. The van der Waals surface area contributed by atoms with Crippen LogP contribution in [-0.2, 0) is 4.79 Å². The van der Waals surface area contributed by atoms with Crippen LogP contribution in [0.2, 0.25) is 0 Å². The Labute approximate surface area is 73.9 Å². The first kappa shape index (κ1) is 8.99. The van der Waals surface area contributed by atoms with Gasteiger partial charge in [0.2, 0.25) is 5.91 Å². The maximum atomic E-state index is 11.1. The van der Waals surface area contributed by atoms with Gasteiger partial charge < -0.3 is 0 Å². The molecule has 0 saturated carbocycles. The fraction of sp³-hybridized carbons (Fsp3) is 0.500. The molecule has 0 bridgehead atoms. The van der Waals surface area contributed by atoms with Gasteiger partial charge in [-0.25, -0.2) is 9.69 Å². The highest BCUT2D eigenvalue weighted by Crippen LogP contribution is 2.10. The van der Waals surface area contributed by atoms with Crippen molar-refractivity contribution in [2.75, 3.05) is 13.1 Å². The molecule has 1 saturated heterocycles. The number of amides is 4. The highest BCUT2D eigenvalue weighted by atomic mass is 35.5. The van der Waals surface area contributed by atoms with E-state index < -0.39 is 11.4 Å². The second-order valence-electron chi connectivity index (χ2n) is 2.36. The lowest BCUT2D eigenvalue weighted by Crippen LogP contribution is -2.35. The molecule has 4 amide bonds. The summed E-state index contributed by atoms with van der Waals surface area (Å²) in [7, 11) is 0. The van der Waals surface area contributed by atoms with Crippen molar-refractivity contribution in [1.29, 1.82) is 0 Å². The van der Waals surface area contributed by atoms with Crippen LogP contribution in [0.5, 0.6) is 0 Å². The lowest BCUT2D eigenvalue weighted by molar-refractivity contribution is -0.125. The van der Waals surface area contributed by atoms with Crippen LogP contribution in [0, 0.1) is 0 Å².